The molecule has 4 atom stereocenters. The van der Waals surface area contributed by atoms with E-state index in [0.717, 1.165) is 13.1 Å². The van der Waals surface area contributed by atoms with Crippen LogP contribution in [0.1, 0.15) is 25.1 Å². The molecule has 3 aliphatic rings. The summed E-state index contributed by atoms with van der Waals surface area (Å²) in [6.45, 7) is 4.59. The summed E-state index contributed by atoms with van der Waals surface area (Å²) in [6, 6.07) is 0. The number of hydrogen-bond donors (Lipinski definition) is 4. The van der Waals surface area contributed by atoms with Gasteiger partial charge >= 0.3 is 5.97 Å². The largest absolute Gasteiger partial charge is 0.463 e. The van der Waals surface area contributed by atoms with Crippen molar-refractivity contribution in [1.29, 1.82) is 0 Å². The summed E-state index contributed by atoms with van der Waals surface area (Å²) in [5.41, 5.74) is 5.39. The van der Waals surface area contributed by atoms with Crippen LogP contribution in [0.2, 0.25) is 0 Å². The lowest BCUT2D eigenvalue weighted by atomic mass is 9.96. The van der Waals surface area contributed by atoms with Crippen molar-refractivity contribution in [2.45, 2.75) is 37.4 Å². The zero-order valence-electron chi connectivity index (χ0n) is 19.2. The van der Waals surface area contributed by atoms with Crippen LogP contribution >= 0.6 is 0 Å². The van der Waals surface area contributed by atoms with Crippen molar-refractivity contribution in [1.82, 2.24) is 19.4 Å². The predicted molar refractivity (Wildman–Crippen MR) is 122 cm³/mol. The summed E-state index contributed by atoms with van der Waals surface area (Å²) in [4.78, 5) is 34.8. The van der Waals surface area contributed by atoms with Gasteiger partial charge in [0.25, 0.3) is 5.91 Å². The van der Waals surface area contributed by atoms with Crippen molar-refractivity contribution in [3.05, 3.63) is 24.2 Å². The molecule has 13 nitrogen and oxygen atoms in total. The molecule has 0 saturated carbocycles. The molecule has 13 heteroatoms. The van der Waals surface area contributed by atoms with E-state index < -0.39 is 35.9 Å². The minimum Gasteiger partial charge on any atom is -0.463 e. The Bertz CT molecular complexity index is 1170. The van der Waals surface area contributed by atoms with Gasteiger partial charge in [-0.3, -0.25) is 14.5 Å². The average molecular weight is 489 g/mol. The van der Waals surface area contributed by atoms with Gasteiger partial charge in [-0.25, -0.2) is 9.97 Å². The first-order valence-corrected chi connectivity index (χ1v) is 11.4. The lowest BCUT2D eigenvalue weighted by Gasteiger charge is -2.27. The monoisotopic (exact) mass is 488 g/mol. The summed E-state index contributed by atoms with van der Waals surface area (Å²) in [6.07, 6.45) is 0.919. The Morgan fingerprint density at radius 1 is 1.37 bits per heavy atom. The van der Waals surface area contributed by atoms with Crippen molar-refractivity contribution >= 4 is 34.4 Å². The number of anilines is 1. The first-order chi connectivity index (χ1) is 16.8. The SMILES string of the molecule is C[C@@]1(O)[C@H](O)[C@@H](COC(=O)CCN2CCOCC2)O[C@H]1n1cc2c3c(ncnc31)NC(=O)C=C2N. The smallest absolute Gasteiger partial charge is 0.307 e. The molecule has 2 saturated heterocycles. The number of rotatable bonds is 6. The van der Waals surface area contributed by atoms with E-state index in [1.807, 2.05) is 0 Å². The molecule has 2 aromatic heterocycles. The molecule has 2 aromatic rings. The third-order valence-electron chi connectivity index (χ3n) is 6.60. The number of nitrogens with two attached hydrogens (primary N) is 1. The molecule has 5 N–H and O–H groups in total. The van der Waals surface area contributed by atoms with E-state index >= 15 is 0 Å². The average Bonchev–Trinajstić information content (AvgIpc) is 3.28. The van der Waals surface area contributed by atoms with E-state index in [1.165, 1.54) is 23.9 Å². The standard InChI is InChI=1S/C22H28N6O7/c1-22(32)18(31)14(10-34-16(30)2-3-27-4-6-33-7-5-27)35-21(22)28-9-12-13(23)8-15(29)26-19-17(12)20(28)25-11-24-19/h8-9,11,14,18,21,31-32H,2-7,10,23H2,1H3,(H,24,25,26,29)/t14-,18-,21-,22-/m1/s1. The van der Waals surface area contributed by atoms with E-state index in [4.69, 9.17) is 19.9 Å². The van der Waals surface area contributed by atoms with Gasteiger partial charge < -0.3 is 40.0 Å². The molecule has 5 heterocycles. The molecule has 0 spiro atoms. The molecular formula is C22H28N6O7. The quantitative estimate of drug-likeness (QED) is 0.366. The topological polar surface area (TPSA) is 174 Å². The summed E-state index contributed by atoms with van der Waals surface area (Å²) < 4.78 is 18.2. The van der Waals surface area contributed by atoms with Gasteiger partial charge in [-0.2, -0.15) is 0 Å². The first-order valence-electron chi connectivity index (χ1n) is 11.4. The summed E-state index contributed by atoms with van der Waals surface area (Å²) >= 11 is 0. The summed E-state index contributed by atoms with van der Waals surface area (Å²) in [5, 5.41) is 25.1. The summed E-state index contributed by atoms with van der Waals surface area (Å²) in [7, 11) is 0. The highest BCUT2D eigenvalue weighted by molar-refractivity contribution is 6.13. The maximum absolute atomic E-state index is 12.3. The van der Waals surface area contributed by atoms with Crippen LogP contribution in [0, 0.1) is 0 Å². The van der Waals surface area contributed by atoms with Gasteiger partial charge in [0.2, 0.25) is 0 Å². The van der Waals surface area contributed by atoms with Crippen LogP contribution in [0.25, 0.3) is 16.7 Å². The van der Waals surface area contributed by atoms with Crippen LogP contribution < -0.4 is 11.1 Å². The minimum absolute atomic E-state index is 0.198. The number of aliphatic hydroxyl groups excluding tert-OH is 1. The number of morpholine rings is 1. The van der Waals surface area contributed by atoms with Gasteiger partial charge in [0.05, 0.1) is 25.0 Å². The predicted octanol–water partition coefficient (Wildman–Crippen LogP) is -1.04. The molecule has 0 bridgehead atoms. The second kappa shape index (κ2) is 9.17. The fraction of sp³-hybridized carbons (Fsp3) is 0.545. The van der Waals surface area contributed by atoms with E-state index in [-0.39, 0.29) is 24.5 Å². The molecule has 35 heavy (non-hydrogen) atoms. The normalized spacial score (nSPS) is 29.1. The molecular weight excluding hydrogens is 460 g/mol. The number of carbonyl (C=O) groups is 2. The van der Waals surface area contributed by atoms with Crippen molar-refractivity contribution in [2.24, 2.45) is 5.73 Å². The van der Waals surface area contributed by atoms with Gasteiger partial charge in [0.1, 0.15) is 42.2 Å². The Kier molecular flexibility index (Phi) is 6.19. The molecule has 2 fully saturated rings. The fourth-order valence-electron chi connectivity index (χ4n) is 4.65. The number of hydrogen-bond acceptors (Lipinski definition) is 11. The minimum atomic E-state index is -1.74. The van der Waals surface area contributed by atoms with E-state index in [1.54, 1.807) is 6.20 Å². The van der Waals surface area contributed by atoms with Gasteiger partial charge in [-0.1, -0.05) is 0 Å². The van der Waals surface area contributed by atoms with Gasteiger partial charge in [0, 0.05) is 43.2 Å². The first kappa shape index (κ1) is 23.6. The van der Waals surface area contributed by atoms with Crippen LogP contribution in [0.5, 0.6) is 0 Å². The molecule has 0 radical (unpaired) electrons. The Labute approximate surface area is 200 Å². The number of aliphatic hydroxyl groups is 2. The highest BCUT2D eigenvalue weighted by Gasteiger charge is 2.54. The molecule has 0 aliphatic carbocycles. The molecule has 1 amide bonds. The third kappa shape index (κ3) is 4.36. The Balaban J connectivity index is 1.32. The molecule has 188 valence electrons. The highest BCUT2D eigenvalue weighted by atomic mass is 16.6. The summed E-state index contributed by atoms with van der Waals surface area (Å²) in [5.74, 6) is -0.563. The van der Waals surface area contributed by atoms with Gasteiger partial charge in [-0.05, 0) is 6.92 Å². The number of carbonyl (C=O) groups excluding carboxylic acids is 2. The number of aromatic nitrogens is 3. The van der Waals surface area contributed by atoms with E-state index in [0.29, 0.717) is 36.4 Å². The van der Waals surface area contributed by atoms with Crippen LogP contribution in [0.4, 0.5) is 5.82 Å². The van der Waals surface area contributed by atoms with Crippen LogP contribution in [0.15, 0.2) is 18.6 Å². The van der Waals surface area contributed by atoms with Crippen molar-refractivity contribution in [3.8, 4) is 0 Å². The number of ether oxygens (including phenoxy) is 3. The zero-order valence-corrected chi connectivity index (χ0v) is 19.2. The van der Waals surface area contributed by atoms with Crippen LogP contribution in [0.3, 0.4) is 0 Å². The van der Waals surface area contributed by atoms with E-state index in [2.05, 4.69) is 20.2 Å². The maximum Gasteiger partial charge on any atom is 0.307 e. The third-order valence-corrected chi connectivity index (χ3v) is 6.60. The fourth-order valence-corrected chi connectivity index (χ4v) is 4.65. The lowest BCUT2D eigenvalue weighted by Crippen LogP contribution is -2.44. The second-order valence-electron chi connectivity index (χ2n) is 9.04. The van der Waals surface area contributed by atoms with Crippen LogP contribution in [-0.4, -0.2) is 98.8 Å². The Hall–Kier alpha value is -3.10. The van der Waals surface area contributed by atoms with Gasteiger partial charge in [0.15, 0.2) is 6.23 Å². The number of esters is 1. The van der Waals surface area contributed by atoms with Gasteiger partial charge in [-0.15, -0.1) is 0 Å². The molecule has 3 aliphatic heterocycles. The molecule has 0 unspecified atom stereocenters. The van der Waals surface area contributed by atoms with E-state index in [9.17, 15) is 19.8 Å². The number of amides is 1. The highest BCUT2D eigenvalue weighted by Crippen LogP contribution is 2.42. The molecule has 0 aromatic carbocycles. The maximum atomic E-state index is 12.3. The van der Waals surface area contributed by atoms with Crippen LogP contribution in [-0.2, 0) is 23.8 Å². The number of nitrogens with zero attached hydrogens (tertiary/aromatic N) is 4. The number of nitrogens with one attached hydrogen (secondary N) is 1. The van der Waals surface area contributed by atoms with Crippen molar-refractivity contribution in [2.75, 3.05) is 44.8 Å². The van der Waals surface area contributed by atoms with Crippen molar-refractivity contribution < 1.29 is 34.0 Å². The zero-order chi connectivity index (χ0) is 24.7. The Morgan fingerprint density at radius 2 is 2.14 bits per heavy atom. The molecule has 5 rings (SSSR count). The van der Waals surface area contributed by atoms with Crippen molar-refractivity contribution in [3.63, 3.8) is 0 Å². The Morgan fingerprint density at radius 3 is 2.91 bits per heavy atom. The lowest BCUT2D eigenvalue weighted by molar-refractivity contribution is -0.150. The second-order valence-corrected chi connectivity index (χ2v) is 9.04.